The predicted octanol–water partition coefficient (Wildman–Crippen LogP) is 2.51. The van der Waals surface area contributed by atoms with Crippen molar-refractivity contribution in [3.63, 3.8) is 0 Å². The summed E-state index contributed by atoms with van der Waals surface area (Å²) in [6.45, 7) is 3.48. The number of nitrogens with one attached hydrogen (secondary N) is 1. The summed E-state index contributed by atoms with van der Waals surface area (Å²) in [7, 11) is 0. The molecule has 0 unspecified atom stereocenters. The van der Waals surface area contributed by atoms with Crippen LogP contribution in [0.4, 0.5) is 11.8 Å². The van der Waals surface area contributed by atoms with Crippen molar-refractivity contribution in [2.75, 3.05) is 11.9 Å². The Kier molecular flexibility index (Phi) is 5.47. The van der Waals surface area contributed by atoms with E-state index in [-0.39, 0.29) is 5.56 Å². The molecule has 3 aromatic heterocycles. The Morgan fingerprint density at radius 1 is 1.21 bits per heavy atom. The van der Waals surface area contributed by atoms with E-state index in [1.807, 2.05) is 4.57 Å². The fraction of sp³-hybridized carbons (Fsp3) is 0.444. The van der Waals surface area contributed by atoms with Crippen molar-refractivity contribution in [1.82, 2.24) is 29.1 Å². The molecule has 0 spiro atoms. The van der Waals surface area contributed by atoms with Gasteiger partial charge < -0.3 is 5.32 Å². The number of rotatable bonds is 8. The van der Waals surface area contributed by atoms with E-state index in [0.29, 0.717) is 48.3 Å². The fourth-order valence-electron chi connectivity index (χ4n) is 3.33. The van der Waals surface area contributed by atoms with Gasteiger partial charge in [-0.3, -0.25) is 9.36 Å². The minimum Gasteiger partial charge on any atom is -0.354 e. The molecule has 0 saturated carbocycles. The van der Waals surface area contributed by atoms with Crippen LogP contribution < -0.4 is 10.9 Å². The van der Waals surface area contributed by atoms with Gasteiger partial charge >= 0.3 is 0 Å². The molecule has 1 aliphatic heterocycles. The third-order valence-corrected chi connectivity index (χ3v) is 5.13. The summed E-state index contributed by atoms with van der Waals surface area (Å²) >= 11 is 3.45. The van der Waals surface area contributed by atoms with E-state index in [1.54, 1.807) is 22.9 Å². The van der Waals surface area contributed by atoms with Gasteiger partial charge in [0.1, 0.15) is 11.6 Å². The molecule has 0 amide bonds. The summed E-state index contributed by atoms with van der Waals surface area (Å²) in [4.78, 5) is 25.9. The van der Waals surface area contributed by atoms with Gasteiger partial charge in [-0.1, -0.05) is 19.8 Å². The zero-order valence-corrected chi connectivity index (χ0v) is 17.2. The smallest absolute Gasteiger partial charge is 0.266 e. The summed E-state index contributed by atoms with van der Waals surface area (Å²) in [6.07, 6.45) is 7.63. The first-order valence-corrected chi connectivity index (χ1v) is 10.2. The lowest BCUT2D eigenvalue weighted by molar-refractivity contribution is 0.602. The Morgan fingerprint density at radius 3 is 2.82 bits per heavy atom. The van der Waals surface area contributed by atoms with Crippen molar-refractivity contribution in [3.8, 4) is 0 Å². The third kappa shape index (κ3) is 3.56. The van der Waals surface area contributed by atoms with Gasteiger partial charge in [-0.2, -0.15) is 0 Å². The summed E-state index contributed by atoms with van der Waals surface area (Å²) in [5.74, 6) is 2.43. The Hall–Kier alpha value is -2.62. The van der Waals surface area contributed by atoms with Gasteiger partial charge in [0.05, 0.1) is 10.2 Å². The van der Waals surface area contributed by atoms with Crippen molar-refractivity contribution in [2.24, 2.45) is 4.99 Å². The zero-order valence-electron chi connectivity index (χ0n) is 15.6. The second-order valence-electron chi connectivity index (χ2n) is 6.63. The predicted molar refractivity (Wildman–Crippen MR) is 111 cm³/mol. The fourth-order valence-corrected chi connectivity index (χ4v) is 3.77. The highest BCUT2D eigenvalue weighted by Gasteiger charge is 2.25. The molecule has 0 fully saturated rings. The SMILES string of the molecule is CCCCCn1c2c(c(=O)n3c(CCNc4ncccn4)nnc13)CC(Br)=N2. The molecule has 1 N–H and O–H groups in total. The Morgan fingerprint density at radius 2 is 2.04 bits per heavy atom. The summed E-state index contributed by atoms with van der Waals surface area (Å²) in [5.41, 5.74) is 0.599. The summed E-state index contributed by atoms with van der Waals surface area (Å²) < 4.78 is 4.42. The highest BCUT2D eigenvalue weighted by Crippen LogP contribution is 2.28. The van der Waals surface area contributed by atoms with Crippen LogP contribution in [0.1, 0.15) is 37.6 Å². The van der Waals surface area contributed by atoms with E-state index in [1.165, 1.54) is 0 Å². The maximum atomic E-state index is 13.1. The minimum absolute atomic E-state index is 0.0918. The van der Waals surface area contributed by atoms with Gasteiger partial charge in [-0.25, -0.2) is 19.4 Å². The number of nitrogens with zero attached hydrogens (tertiary/aromatic N) is 7. The average molecular weight is 445 g/mol. The minimum atomic E-state index is -0.0918. The van der Waals surface area contributed by atoms with Crippen LogP contribution in [0.2, 0.25) is 0 Å². The molecule has 4 rings (SSSR count). The van der Waals surface area contributed by atoms with Crippen LogP contribution in [0.3, 0.4) is 0 Å². The van der Waals surface area contributed by atoms with Crippen molar-refractivity contribution in [1.29, 1.82) is 0 Å². The van der Waals surface area contributed by atoms with Gasteiger partial charge in [0.15, 0.2) is 0 Å². The highest BCUT2D eigenvalue weighted by atomic mass is 79.9. The molecule has 10 heteroatoms. The summed E-state index contributed by atoms with van der Waals surface area (Å²) in [5, 5.41) is 11.7. The van der Waals surface area contributed by atoms with Crippen LogP contribution in [0.5, 0.6) is 0 Å². The lowest BCUT2D eigenvalue weighted by atomic mass is 10.2. The van der Waals surface area contributed by atoms with Crippen molar-refractivity contribution < 1.29 is 0 Å². The van der Waals surface area contributed by atoms with Gasteiger partial charge in [0, 0.05) is 38.3 Å². The summed E-state index contributed by atoms with van der Waals surface area (Å²) in [6, 6.07) is 1.76. The van der Waals surface area contributed by atoms with Crippen LogP contribution in [0, 0.1) is 0 Å². The molecule has 3 aromatic rings. The number of anilines is 1. The second kappa shape index (κ2) is 8.17. The molecule has 0 bridgehead atoms. The first-order chi connectivity index (χ1) is 13.7. The first-order valence-electron chi connectivity index (χ1n) is 9.42. The molecule has 0 aliphatic carbocycles. The largest absolute Gasteiger partial charge is 0.354 e. The standard InChI is InChI=1S/C18H21BrN8O/c1-2-3-4-10-26-15-12(11-13(19)23-15)16(28)27-14(24-25-18(26)27)6-9-22-17-20-7-5-8-21-17/h5,7-8H,2-4,6,9-11H2,1H3,(H,20,21,22). The van der Waals surface area contributed by atoms with Crippen molar-refractivity contribution in [2.45, 2.75) is 45.6 Å². The Labute approximate surface area is 170 Å². The number of hydrogen-bond acceptors (Lipinski definition) is 7. The molecule has 4 heterocycles. The van der Waals surface area contributed by atoms with Gasteiger partial charge in [-0.05, 0) is 28.4 Å². The number of unbranched alkanes of at least 4 members (excludes halogenated alkanes) is 2. The van der Waals surface area contributed by atoms with Crippen LogP contribution in [-0.4, -0.2) is 40.3 Å². The number of fused-ring (bicyclic) bond motifs is 2. The first kappa shape index (κ1) is 18.7. The van der Waals surface area contributed by atoms with E-state index >= 15 is 0 Å². The van der Waals surface area contributed by atoms with E-state index in [9.17, 15) is 4.79 Å². The molecular formula is C18H21BrN8O. The molecule has 1 aliphatic rings. The molecule has 0 atom stereocenters. The Bertz CT molecular complexity index is 1070. The molecule has 0 saturated heterocycles. The van der Waals surface area contributed by atoms with Gasteiger partial charge in [0.25, 0.3) is 5.56 Å². The average Bonchev–Trinajstić information content (AvgIpc) is 3.29. The van der Waals surface area contributed by atoms with E-state index in [2.05, 4.69) is 53.3 Å². The monoisotopic (exact) mass is 444 g/mol. The molecule has 28 heavy (non-hydrogen) atoms. The maximum absolute atomic E-state index is 13.1. The number of hydrogen-bond donors (Lipinski definition) is 1. The van der Waals surface area contributed by atoms with Crippen LogP contribution in [0.25, 0.3) is 5.78 Å². The van der Waals surface area contributed by atoms with Gasteiger partial charge in [-0.15, -0.1) is 10.2 Å². The second-order valence-corrected chi connectivity index (χ2v) is 7.55. The van der Waals surface area contributed by atoms with Crippen molar-refractivity contribution in [3.05, 3.63) is 40.2 Å². The Balaban J connectivity index is 1.66. The quantitative estimate of drug-likeness (QED) is 0.535. The molecule has 9 nitrogen and oxygen atoms in total. The van der Waals surface area contributed by atoms with E-state index in [4.69, 9.17) is 0 Å². The van der Waals surface area contributed by atoms with Crippen LogP contribution >= 0.6 is 15.9 Å². The lowest BCUT2D eigenvalue weighted by Crippen LogP contribution is -2.24. The van der Waals surface area contributed by atoms with Crippen molar-refractivity contribution >= 4 is 38.1 Å². The topological polar surface area (TPSA) is 102 Å². The molecule has 0 radical (unpaired) electrons. The number of aliphatic imine (C=N–C) groups is 1. The molecule has 0 aromatic carbocycles. The van der Waals surface area contributed by atoms with Crippen LogP contribution in [0.15, 0.2) is 28.2 Å². The maximum Gasteiger partial charge on any atom is 0.266 e. The lowest BCUT2D eigenvalue weighted by Gasteiger charge is -2.12. The number of aromatic nitrogens is 6. The van der Waals surface area contributed by atoms with Gasteiger partial charge in [0.2, 0.25) is 11.7 Å². The highest BCUT2D eigenvalue weighted by molar-refractivity contribution is 9.18. The third-order valence-electron chi connectivity index (χ3n) is 4.67. The van der Waals surface area contributed by atoms with Crippen LogP contribution in [-0.2, 0) is 19.4 Å². The number of aryl methyl sites for hydroxylation is 1. The molecule has 146 valence electrons. The molecular weight excluding hydrogens is 424 g/mol. The van der Waals surface area contributed by atoms with E-state index in [0.717, 1.165) is 30.4 Å². The van der Waals surface area contributed by atoms with E-state index < -0.39 is 0 Å². The number of halogens is 1. The normalized spacial score (nSPS) is 13.0. The zero-order chi connectivity index (χ0) is 19.5.